The molecule has 0 saturated carbocycles. The lowest BCUT2D eigenvalue weighted by molar-refractivity contribution is -0.115. The average Bonchev–Trinajstić information content (AvgIpc) is 2.58. The van der Waals surface area contributed by atoms with Crippen molar-refractivity contribution in [2.45, 2.75) is 26.3 Å². The standard InChI is InChI=1S/C20H26N2O3/c1-20(2,3)21-15-19(23)22-16-8-7-11-18(14-16)25-13-12-24-17-9-5-4-6-10-17/h4-11,14,21H,12-13,15H2,1-3H3,(H,22,23). The molecule has 0 aliphatic heterocycles. The van der Waals surface area contributed by atoms with Crippen LogP contribution in [-0.2, 0) is 4.79 Å². The van der Waals surface area contributed by atoms with Crippen molar-refractivity contribution in [3.63, 3.8) is 0 Å². The van der Waals surface area contributed by atoms with Gasteiger partial charge in [0.2, 0.25) is 5.91 Å². The Morgan fingerprint density at radius 2 is 1.56 bits per heavy atom. The molecule has 0 spiro atoms. The number of ether oxygens (including phenoxy) is 2. The molecule has 0 fully saturated rings. The summed E-state index contributed by atoms with van der Waals surface area (Å²) in [7, 11) is 0. The maximum Gasteiger partial charge on any atom is 0.238 e. The van der Waals surface area contributed by atoms with Crippen LogP contribution in [0.2, 0.25) is 0 Å². The van der Waals surface area contributed by atoms with Crippen LogP contribution >= 0.6 is 0 Å². The van der Waals surface area contributed by atoms with Crippen molar-refractivity contribution in [3.05, 3.63) is 54.6 Å². The average molecular weight is 342 g/mol. The number of para-hydroxylation sites is 1. The van der Waals surface area contributed by atoms with Crippen molar-refractivity contribution in [1.29, 1.82) is 0 Å². The zero-order chi connectivity index (χ0) is 18.1. The van der Waals surface area contributed by atoms with E-state index in [4.69, 9.17) is 9.47 Å². The number of hydrogen-bond donors (Lipinski definition) is 2. The summed E-state index contributed by atoms with van der Waals surface area (Å²) in [5, 5.41) is 6.01. The molecule has 0 heterocycles. The largest absolute Gasteiger partial charge is 0.490 e. The fraction of sp³-hybridized carbons (Fsp3) is 0.350. The first-order valence-electron chi connectivity index (χ1n) is 8.38. The van der Waals surface area contributed by atoms with E-state index in [0.29, 0.717) is 24.7 Å². The number of amides is 1. The lowest BCUT2D eigenvalue weighted by Gasteiger charge is -2.20. The van der Waals surface area contributed by atoms with Gasteiger partial charge < -0.3 is 20.1 Å². The number of carbonyl (C=O) groups is 1. The number of rotatable bonds is 8. The first-order valence-corrected chi connectivity index (χ1v) is 8.38. The third-order valence-electron chi connectivity index (χ3n) is 3.26. The van der Waals surface area contributed by atoms with E-state index in [1.807, 2.05) is 69.3 Å². The minimum atomic E-state index is -0.0962. The topological polar surface area (TPSA) is 59.6 Å². The van der Waals surface area contributed by atoms with Crippen molar-refractivity contribution in [1.82, 2.24) is 5.32 Å². The maximum absolute atomic E-state index is 12.0. The van der Waals surface area contributed by atoms with Gasteiger partial charge in [0.15, 0.2) is 0 Å². The van der Waals surface area contributed by atoms with Gasteiger partial charge in [0.05, 0.1) is 6.54 Å². The highest BCUT2D eigenvalue weighted by Gasteiger charge is 2.11. The summed E-state index contributed by atoms with van der Waals surface area (Å²) in [5.41, 5.74) is 0.614. The fourth-order valence-electron chi connectivity index (χ4n) is 2.05. The molecule has 5 heteroatoms. The molecule has 2 aromatic rings. The summed E-state index contributed by atoms with van der Waals surface area (Å²) in [6.45, 7) is 7.21. The van der Waals surface area contributed by atoms with E-state index in [2.05, 4.69) is 10.6 Å². The summed E-state index contributed by atoms with van der Waals surface area (Å²) in [6.07, 6.45) is 0. The summed E-state index contributed by atoms with van der Waals surface area (Å²) in [4.78, 5) is 12.0. The molecule has 2 N–H and O–H groups in total. The Balaban J connectivity index is 1.75. The predicted octanol–water partition coefficient (Wildman–Crippen LogP) is 3.47. The van der Waals surface area contributed by atoms with Gasteiger partial charge in [-0.25, -0.2) is 0 Å². The second kappa shape index (κ2) is 9.08. The Labute approximate surface area is 149 Å². The van der Waals surface area contributed by atoms with Crippen LogP contribution in [0, 0.1) is 0 Å². The number of hydrogen-bond acceptors (Lipinski definition) is 4. The highest BCUT2D eigenvalue weighted by atomic mass is 16.5. The minimum absolute atomic E-state index is 0.0838. The first kappa shape index (κ1) is 18.8. The fourth-order valence-corrected chi connectivity index (χ4v) is 2.05. The van der Waals surface area contributed by atoms with E-state index in [1.165, 1.54) is 0 Å². The van der Waals surface area contributed by atoms with E-state index in [1.54, 1.807) is 6.07 Å². The van der Waals surface area contributed by atoms with Crippen LogP contribution < -0.4 is 20.1 Å². The molecule has 0 atom stereocenters. The van der Waals surface area contributed by atoms with E-state index >= 15 is 0 Å². The second-order valence-corrected chi connectivity index (χ2v) is 6.69. The van der Waals surface area contributed by atoms with Gasteiger partial charge in [-0.2, -0.15) is 0 Å². The number of anilines is 1. The monoisotopic (exact) mass is 342 g/mol. The molecule has 134 valence electrons. The Morgan fingerprint density at radius 1 is 0.920 bits per heavy atom. The van der Waals surface area contributed by atoms with Crippen LogP contribution in [0.15, 0.2) is 54.6 Å². The van der Waals surface area contributed by atoms with Gasteiger partial charge in [-0.15, -0.1) is 0 Å². The smallest absolute Gasteiger partial charge is 0.238 e. The van der Waals surface area contributed by atoms with Gasteiger partial charge >= 0.3 is 0 Å². The van der Waals surface area contributed by atoms with Gasteiger partial charge in [0.1, 0.15) is 24.7 Å². The molecule has 0 aliphatic rings. The molecule has 0 radical (unpaired) electrons. The zero-order valence-electron chi connectivity index (χ0n) is 15.0. The molecule has 25 heavy (non-hydrogen) atoms. The van der Waals surface area contributed by atoms with Crippen LogP contribution in [0.25, 0.3) is 0 Å². The van der Waals surface area contributed by atoms with Crippen molar-refractivity contribution < 1.29 is 14.3 Å². The summed E-state index contributed by atoms with van der Waals surface area (Å²) in [5.74, 6) is 1.43. The predicted molar refractivity (Wildman–Crippen MR) is 100 cm³/mol. The molecule has 1 amide bonds. The van der Waals surface area contributed by atoms with E-state index < -0.39 is 0 Å². The Bertz CT molecular complexity index is 666. The molecular formula is C20H26N2O3. The molecule has 2 rings (SSSR count). The lowest BCUT2D eigenvalue weighted by Crippen LogP contribution is -2.41. The number of carbonyl (C=O) groups excluding carboxylic acids is 1. The van der Waals surface area contributed by atoms with E-state index in [0.717, 1.165) is 5.75 Å². The van der Waals surface area contributed by atoms with E-state index in [9.17, 15) is 4.79 Å². The van der Waals surface area contributed by atoms with Crippen molar-refractivity contribution in [2.24, 2.45) is 0 Å². The van der Waals surface area contributed by atoms with Crippen LogP contribution in [0.1, 0.15) is 20.8 Å². The zero-order valence-corrected chi connectivity index (χ0v) is 15.0. The van der Waals surface area contributed by atoms with E-state index in [-0.39, 0.29) is 18.0 Å². The van der Waals surface area contributed by atoms with Gasteiger partial charge in [-0.1, -0.05) is 24.3 Å². The summed E-state index contributed by atoms with van der Waals surface area (Å²) < 4.78 is 11.3. The lowest BCUT2D eigenvalue weighted by atomic mass is 10.1. The van der Waals surface area contributed by atoms with Crippen LogP contribution in [-0.4, -0.2) is 31.2 Å². The number of benzene rings is 2. The van der Waals surface area contributed by atoms with Gasteiger partial charge in [-0.05, 0) is 45.0 Å². The molecule has 0 unspecified atom stereocenters. The normalized spacial score (nSPS) is 11.0. The SMILES string of the molecule is CC(C)(C)NCC(=O)Nc1cccc(OCCOc2ccccc2)c1. The third kappa shape index (κ3) is 7.72. The molecule has 0 aliphatic carbocycles. The molecule has 0 bridgehead atoms. The number of nitrogens with one attached hydrogen (secondary N) is 2. The highest BCUT2D eigenvalue weighted by Crippen LogP contribution is 2.17. The highest BCUT2D eigenvalue weighted by molar-refractivity contribution is 5.92. The van der Waals surface area contributed by atoms with Gasteiger partial charge in [0, 0.05) is 17.3 Å². The summed E-state index contributed by atoms with van der Waals surface area (Å²) >= 11 is 0. The Morgan fingerprint density at radius 3 is 2.24 bits per heavy atom. The Kier molecular flexibility index (Phi) is 6.83. The molecule has 5 nitrogen and oxygen atoms in total. The third-order valence-corrected chi connectivity index (χ3v) is 3.26. The Hall–Kier alpha value is -2.53. The van der Waals surface area contributed by atoms with Crippen LogP contribution in [0.3, 0.4) is 0 Å². The van der Waals surface area contributed by atoms with Crippen molar-refractivity contribution in [2.75, 3.05) is 25.1 Å². The van der Waals surface area contributed by atoms with Crippen LogP contribution in [0.4, 0.5) is 5.69 Å². The molecule has 2 aromatic carbocycles. The molecule has 0 saturated heterocycles. The molecular weight excluding hydrogens is 316 g/mol. The van der Waals surface area contributed by atoms with Crippen LogP contribution in [0.5, 0.6) is 11.5 Å². The first-order chi connectivity index (χ1) is 11.9. The van der Waals surface area contributed by atoms with Gasteiger partial charge in [-0.3, -0.25) is 4.79 Å². The summed E-state index contributed by atoms with van der Waals surface area (Å²) in [6, 6.07) is 16.9. The second-order valence-electron chi connectivity index (χ2n) is 6.69. The quantitative estimate of drug-likeness (QED) is 0.721. The minimum Gasteiger partial charge on any atom is -0.490 e. The van der Waals surface area contributed by atoms with Gasteiger partial charge in [0.25, 0.3) is 0 Å². The molecule has 0 aromatic heterocycles. The maximum atomic E-state index is 12.0. The van der Waals surface area contributed by atoms with Crippen molar-refractivity contribution in [3.8, 4) is 11.5 Å². The van der Waals surface area contributed by atoms with Crippen molar-refractivity contribution >= 4 is 11.6 Å².